The van der Waals surface area contributed by atoms with Crippen LogP contribution in [0.2, 0.25) is 0 Å². The number of nitrogens with two attached hydrogens (primary N) is 1. The minimum absolute atomic E-state index is 0.103. The maximum Gasteiger partial charge on any atom is 0.122 e. The van der Waals surface area contributed by atoms with E-state index < -0.39 is 0 Å². The van der Waals surface area contributed by atoms with Crippen molar-refractivity contribution in [2.24, 2.45) is 23.5 Å². The molecule has 3 unspecified atom stereocenters. The molecule has 1 heterocycles. The van der Waals surface area contributed by atoms with Gasteiger partial charge in [0.2, 0.25) is 0 Å². The summed E-state index contributed by atoms with van der Waals surface area (Å²) >= 11 is 0. The maximum atomic E-state index is 6.65. The molecule has 17 heavy (non-hydrogen) atoms. The van der Waals surface area contributed by atoms with Crippen LogP contribution in [-0.2, 0) is 6.42 Å². The first-order chi connectivity index (χ1) is 8.30. The smallest absolute Gasteiger partial charge is 0.122 e. The highest BCUT2D eigenvalue weighted by molar-refractivity contribution is 5.37. The van der Waals surface area contributed by atoms with E-state index in [2.05, 4.69) is 18.2 Å². The van der Waals surface area contributed by atoms with Crippen molar-refractivity contribution < 1.29 is 4.74 Å². The summed E-state index contributed by atoms with van der Waals surface area (Å²) in [5.74, 6) is 3.19. The zero-order chi connectivity index (χ0) is 11.5. The number of benzene rings is 1. The monoisotopic (exact) mass is 229 g/mol. The lowest BCUT2D eigenvalue weighted by molar-refractivity contribution is 0.175. The number of hydrogen-bond donors (Lipinski definition) is 1. The van der Waals surface area contributed by atoms with Gasteiger partial charge in [0.05, 0.1) is 6.61 Å². The zero-order valence-corrected chi connectivity index (χ0v) is 10.1. The highest BCUT2D eigenvalue weighted by Gasteiger charge is 2.67. The van der Waals surface area contributed by atoms with Gasteiger partial charge in [-0.25, -0.2) is 0 Å². The van der Waals surface area contributed by atoms with Crippen LogP contribution in [0.4, 0.5) is 0 Å². The van der Waals surface area contributed by atoms with E-state index in [0.717, 1.165) is 30.6 Å². The van der Waals surface area contributed by atoms with E-state index in [4.69, 9.17) is 10.5 Å². The molecular weight excluding hydrogens is 210 g/mol. The second kappa shape index (κ2) is 3.26. The highest BCUT2D eigenvalue weighted by atomic mass is 16.5. The van der Waals surface area contributed by atoms with Crippen LogP contribution in [0.15, 0.2) is 24.3 Å². The van der Waals surface area contributed by atoms with Crippen LogP contribution in [0.25, 0.3) is 0 Å². The van der Waals surface area contributed by atoms with Gasteiger partial charge in [-0.05, 0) is 42.7 Å². The summed E-state index contributed by atoms with van der Waals surface area (Å²) in [6.07, 6.45) is 5.19. The van der Waals surface area contributed by atoms with Crippen LogP contribution in [0.3, 0.4) is 0 Å². The number of ether oxygens (including phenoxy) is 1. The van der Waals surface area contributed by atoms with Gasteiger partial charge in [-0.2, -0.15) is 0 Å². The van der Waals surface area contributed by atoms with E-state index in [0.29, 0.717) is 5.92 Å². The molecule has 2 heteroatoms. The van der Waals surface area contributed by atoms with Crippen LogP contribution in [0.5, 0.6) is 5.75 Å². The van der Waals surface area contributed by atoms with Crippen molar-refractivity contribution in [1.82, 2.24) is 0 Å². The maximum absolute atomic E-state index is 6.65. The van der Waals surface area contributed by atoms with Crippen LogP contribution >= 0.6 is 0 Å². The van der Waals surface area contributed by atoms with Crippen LogP contribution in [-0.4, -0.2) is 12.1 Å². The summed E-state index contributed by atoms with van der Waals surface area (Å²) < 4.78 is 5.89. The molecule has 0 amide bonds. The van der Waals surface area contributed by atoms with E-state index in [1.165, 1.54) is 24.8 Å². The minimum atomic E-state index is 0.103. The topological polar surface area (TPSA) is 35.2 Å². The third kappa shape index (κ3) is 1.25. The fourth-order valence-electron chi connectivity index (χ4n) is 4.30. The quantitative estimate of drug-likeness (QED) is 0.802. The van der Waals surface area contributed by atoms with Crippen LogP contribution in [0, 0.1) is 17.8 Å². The molecule has 0 aromatic heterocycles. The number of rotatable bonds is 1. The Kier molecular flexibility index (Phi) is 1.91. The fraction of sp³-hybridized carbons (Fsp3) is 0.600. The summed E-state index contributed by atoms with van der Waals surface area (Å²) in [4.78, 5) is 0. The van der Waals surface area contributed by atoms with E-state index in [9.17, 15) is 0 Å². The van der Waals surface area contributed by atoms with Crippen molar-refractivity contribution in [3.63, 3.8) is 0 Å². The van der Waals surface area contributed by atoms with Gasteiger partial charge in [-0.1, -0.05) is 24.6 Å². The third-order valence-corrected chi connectivity index (χ3v) is 5.28. The highest BCUT2D eigenvalue weighted by Crippen LogP contribution is 2.63. The first-order valence-corrected chi connectivity index (χ1v) is 6.79. The summed E-state index contributed by atoms with van der Waals surface area (Å²) in [5.41, 5.74) is 8.10. The van der Waals surface area contributed by atoms with E-state index >= 15 is 0 Å². The molecule has 1 aromatic rings. The molecule has 0 bridgehead atoms. The molecule has 4 rings (SSSR count). The zero-order valence-electron chi connectivity index (χ0n) is 10.1. The van der Waals surface area contributed by atoms with Crippen molar-refractivity contribution >= 4 is 0 Å². The van der Waals surface area contributed by atoms with Gasteiger partial charge in [0.1, 0.15) is 5.75 Å². The van der Waals surface area contributed by atoms with Crippen molar-refractivity contribution in [3.05, 3.63) is 29.8 Å². The van der Waals surface area contributed by atoms with Gasteiger partial charge in [0, 0.05) is 11.5 Å². The van der Waals surface area contributed by atoms with Gasteiger partial charge in [0.25, 0.3) is 0 Å². The lowest BCUT2D eigenvalue weighted by Gasteiger charge is -2.32. The average Bonchev–Trinajstić information content (AvgIpc) is 2.79. The molecule has 1 aromatic carbocycles. The molecule has 3 aliphatic rings. The fourth-order valence-corrected chi connectivity index (χ4v) is 4.30. The Labute approximate surface area is 102 Å². The standard InChI is InChI=1S/C15H19NO/c16-15(12-5-3-6-13(12)15)11-8-10-4-1-2-7-14(10)17-9-11/h1-2,4,7,11-13H,3,5-6,8-9,16H2. The van der Waals surface area contributed by atoms with E-state index in [-0.39, 0.29) is 5.54 Å². The van der Waals surface area contributed by atoms with Gasteiger partial charge < -0.3 is 10.5 Å². The predicted octanol–water partition coefficient (Wildman–Crippen LogP) is 2.37. The summed E-state index contributed by atoms with van der Waals surface area (Å²) in [6.45, 7) is 0.820. The van der Waals surface area contributed by atoms with Gasteiger partial charge in [-0.3, -0.25) is 0 Å². The molecule has 2 aliphatic carbocycles. The van der Waals surface area contributed by atoms with Crippen molar-refractivity contribution in [3.8, 4) is 5.75 Å². The average molecular weight is 229 g/mol. The molecule has 2 nitrogen and oxygen atoms in total. The number of para-hydroxylation sites is 1. The SMILES string of the molecule is NC1(C2COc3ccccc3C2)C2CCCC21. The predicted molar refractivity (Wildman–Crippen MR) is 66.9 cm³/mol. The Hall–Kier alpha value is -1.02. The molecular formula is C15H19NO. The first kappa shape index (κ1) is 9.95. The Morgan fingerprint density at radius 3 is 2.76 bits per heavy atom. The molecule has 1 aliphatic heterocycles. The van der Waals surface area contributed by atoms with Crippen molar-refractivity contribution in [1.29, 1.82) is 0 Å². The Morgan fingerprint density at radius 1 is 1.18 bits per heavy atom. The lowest BCUT2D eigenvalue weighted by atomic mass is 9.84. The number of fused-ring (bicyclic) bond motifs is 2. The molecule has 90 valence electrons. The number of hydrogen-bond acceptors (Lipinski definition) is 2. The van der Waals surface area contributed by atoms with Crippen molar-refractivity contribution in [2.75, 3.05) is 6.61 Å². The minimum Gasteiger partial charge on any atom is -0.493 e. The second-order valence-corrected chi connectivity index (χ2v) is 5.96. The van der Waals surface area contributed by atoms with Crippen LogP contribution < -0.4 is 10.5 Å². The molecule has 0 spiro atoms. The first-order valence-electron chi connectivity index (χ1n) is 6.79. The Morgan fingerprint density at radius 2 is 1.94 bits per heavy atom. The normalized spacial score (nSPS) is 42.5. The molecule has 2 saturated carbocycles. The van der Waals surface area contributed by atoms with E-state index in [1.807, 2.05) is 6.07 Å². The molecule has 2 fully saturated rings. The largest absolute Gasteiger partial charge is 0.493 e. The molecule has 0 saturated heterocycles. The third-order valence-electron chi connectivity index (χ3n) is 5.28. The molecule has 2 N–H and O–H groups in total. The van der Waals surface area contributed by atoms with Gasteiger partial charge >= 0.3 is 0 Å². The Bertz CT molecular complexity index is 446. The van der Waals surface area contributed by atoms with Crippen molar-refractivity contribution in [2.45, 2.75) is 31.2 Å². The van der Waals surface area contributed by atoms with Gasteiger partial charge in [-0.15, -0.1) is 0 Å². The summed E-state index contributed by atoms with van der Waals surface area (Å²) in [5, 5.41) is 0. The van der Waals surface area contributed by atoms with E-state index in [1.54, 1.807) is 0 Å². The summed E-state index contributed by atoms with van der Waals surface area (Å²) in [6, 6.07) is 8.40. The van der Waals surface area contributed by atoms with Gasteiger partial charge in [0.15, 0.2) is 0 Å². The summed E-state index contributed by atoms with van der Waals surface area (Å²) in [7, 11) is 0. The molecule has 0 radical (unpaired) electrons. The molecule has 3 atom stereocenters. The Balaban J connectivity index is 1.59. The second-order valence-electron chi connectivity index (χ2n) is 5.96. The lowest BCUT2D eigenvalue weighted by Crippen LogP contribution is -2.43. The van der Waals surface area contributed by atoms with Crippen LogP contribution in [0.1, 0.15) is 24.8 Å².